The largest absolute Gasteiger partial charge is 0.354 e. The third-order valence-electron chi connectivity index (χ3n) is 5.59. The fraction of sp³-hybridized carbons (Fsp3) is 0.778. The number of aryl methyl sites for hydroxylation is 1. The van der Waals surface area contributed by atoms with Gasteiger partial charge in [0.2, 0.25) is 5.95 Å². The van der Waals surface area contributed by atoms with Crippen LogP contribution in [0.25, 0.3) is 0 Å². The number of nitrogens with zero attached hydrogens (tertiary/aromatic N) is 5. The maximum atomic E-state index is 5.83. The van der Waals surface area contributed by atoms with Gasteiger partial charge in [0.1, 0.15) is 5.82 Å². The molecule has 0 aromatic carbocycles. The molecule has 3 aliphatic rings. The molecule has 0 aliphatic carbocycles. The first kappa shape index (κ1) is 17.0. The van der Waals surface area contributed by atoms with Crippen molar-refractivity contribution in [2.24, 2.45) is 0 Å². The van der Waals surface area contributed by atoms with Gasteiger partial charge in [0.05, 0.1) is 13.2 Å². The predicted octanol–water partition coefficient (Wildman–Crippen LogP) is 1.27. The third kappa shape index (κ3) is 3.59. The van der Waals surface area contributed by atoms with E-state index in [2.05, 4.69) is 34.6 Å². The minimum Gasteiger partial charge on any atom is -0.354 e. The second-order valence-electron chi connectivity index (χ2n) is 7.18. The zero-order valence-electron chi connectivity index (χ0n) is 15.4. The Morgan fingerprint density at radius 1 is 0.960 bits per heavy atom. The molecule has 7 nitrogen and oxygen atoms in total. The average Bonchev–Trinajstić information content (AvgIpc) is 3.10. The molecule has 4 rings (SSSR count). The van der Waals surface area contributed by atoms with Gasteiger partial charge in [-0.15, -0.1) is 0 Å². The normalized spacial score (nSPS) is 24.2. The maximum Gasteiger partial charge on any atom is 0.227 e. The van der Waals surface area contributed by atoms with E-state index in [1.807, 2.05) is 0 Å². The molecule has 1 aromatic rings. The van der Waals surface area contributed by atoms with E-state index in [1.165, 1.54) is 0 Å². The Kier molecular flexibility index (Phi) is 4.80. The van der Waals surface area contributed by atoms with Crippen LogP contribution in [0.2, 0.25) is 0 Å². The van der Waals surface area contributed by atoms with Crippen molar-refractivity contribution in [2.45, 2.75) is 32.5 Å². The van der Waals surface area contributed by atoms with Gasteiger partial charge in [0, 0.05) is 63.9 Å². The van der Waals surface area contributed by atoms with E-state index in [1.54, 1.807) is 0 Å². The third-order valence-corrected chi connectivity index (χ3v) is 5.59. The number of piperidine rings is 1. The lowest BCUT2D eigenvalue weighted by molar-refractivity contribution is -0.169. The highest BCUT2D eigenvalue weighted by atomic mass is 16.7. The van der Waals surface area contributed by atoms with Gasteiger partial charge in [0.25, 0.3) is 0 Å². The monoisotopic (exact) mass is 347 g/mol. The zero-order chi connectivity index (χ0) is 17.3. The van der Waals surface area contributed by atoms with E-state index in [0.29, 0.717) is 0 Å². The Bertz CT molecular complexity index is 587. The SMILES string of the molecule is CCN1CCN(c2cc(C)nc(N3CCC4(CC3)OCCO4)n2)CC1. The molecule has 1 spiro atoms. The van der Waals surface area contributed by atoms with Crippen molar-refractivity contribution in [3.63, 3.8) is 0 Å². The summed E-state index contributed by atoms with van der Waals surface area (Å²) in [6.07, 6.45) is 1.77. The second-order valence-corrected chi connectivity index (χ2v) is 7.18. The quantitative estimate of drug-likeness (QED) is 0.816. The number of hydrogen-bond acceptors (Lipinski definition) is 7. The van der Waals surface area contributed by atoms with Gasteiger partial charge in [-0.1, -0.05) is 6.92 Å². The molecular weight excluding hydrogens is 318 g/mol. The lowest BCUT2D eigenvalue weighted by Gasteiger charge is -2.38. The minimum absolute atomic E-state index is 0.348. The van der Waals surface area contributed by atoms with Crippen molar-refractivity contribution in [1.82, 2.24) is 14.9 Å². The molecule has 7 heteroatoms. The Labute approximate surface area is 149 Å². The highest BCUT2D eigenvalue weighted by Gasteiger charge is 2.40. The molecule has 4 heterocycles. The van der Waals surface area contributed by atoms with E-state index < -0.39 is 0 Å². The number of piperazine rings is 1. The molecule has 0 amide bonds. The van der Waals surface area contributed by atoms with Crippen LogP contribution in [0.4, 0.5) is 11.8 Å². The standard InChI is InChI=1S/C18H29N5O2/c1-3-21-8-10-22(11-9-21)16-14-15(2)19-17(20-16)23-6-4-18(5-7-23)24-12-13-25-18/h14H,3-13H2,1-2H3. The average molecular weight is 347 g/mol. The Morgan fingerprint density at radius 3 is 2.28 bits per heavy atom. The summed E-state index contributed by atoms with van der Waals surface area (Å²) in [5, 5.41) is 0. The summed E-state index contributed by atoms with van der Waals surface area (Å²) in [6.45, 7) is 12.9. The lowest BCUT2D eigenvalue weighted by Crippen LogP contribution is -2.47. The van der Waals surface area contributed by atoms with Crippen LogP contribution in [-0.2, 0) is 9.47 Å². The van der Waals surface area contributed by atoms with Crippen molar-refractivity contribution in [1.29, 1.82) is 0 Å². The lowest BCUT2D eigenvalue weighted by atomic mass is 10.0. The number of ether oxygens (including phenoxy) is 2. The molecule has 3 saturated heterocycles. The summed E-state index contributed by atoms with van der Waals surface area (Å²) in [4.78, 5) is 16.7. The number of hydrogen-bond donors (Lipinski definition) is 0. The van der Waals surface area contributed by atoms with Crippen LogP contribution in [0.5, 0.6) is 0 Å². The van der Waals surface area contributed by atoms with Crippen molar-refractivity contribution in [3.05, 3.63) is 11.8 Å². The molecule has 3 fully saturated rings. The van der Waals surface area contributed by atoms with Crippen molar-refractivity contribution >= 4 is 11.8 Å². The fourth-order valence-electron chi connectivity index (χ4n) is 3.97. The van der Waals surface area contributed by atoms with Gasteiger partial charge >= 0.3 is 0 Å². The smallest absolute Gasteiger partial charge is 0.227 e. The first-order chi connectivity index (χ1) is 12.2. The summed E-state index contributed by atoms with van der Waals surface area (Å²) in [6, 6.07) is 2.11. The van der Waals surface area contributed by atoms with Crippen molar-refractivity contribution in [3.8, 4) is 0 Å². The van der Waals surface area contributed by atoms with E-state index in [-0.39, 0.29) is 5.79 Å². The zero-order valence-corrected chi connectivity index (χ0v) is 15.4. The Morgan fingerprint density at radius 2 is 1.64 bits per heavy atom. The van der Waals surface area contributed by atoms with Crippen LogP contribution >= 0.6 is 0 Å². The van der Waals surface area contributed by atoms with Gasteiger partial charge in [-0.3, -0.25) is 0 Å². The first-order valence-corrected chi connectivity index (χ1v) is 9.53. The molecular formula is C18H29N5O2. The van der Waals surface area contributed by atoms with Crippen LogP contribution in [0, 0.1) is 6.92 Å². The number of likely N-dealkylation sites (N-methyl/N-ethyl adjacent to an activating group) is 1. The first-order valence-electron chi connectivity index (χ1n) is 9.53. The molecule has 1 aromatic heterocycles. The summed E-state index contributed by atoms with van der Waals surface area (Å²) in [5.74, 6) is 1.56. The summed E-state index contributed by atoms with van der Waals surface area (Å²) in [5.41, 5.74) is 1.03. The topological polar surface area (TPSA) is 54.0 Å². The van der Waals surface area contributed by atoms with Crippen LogP contribution in [0.1, 0.15) is 25.5 Å². The van der Waals surface area contributed by atoms with Gasteiger partial charge in [-0.2, -0.15) is 4.98 Å². The van der Waals surface area contributed by atoms with Crippen LogP contribution < -0.4 is 9.80 Å². The fourth-order valence-corrected chi connectivity index (χ4v) is 3.97. The van der Waals surface area contributed by atoms with E-state index in [0.717, 1.165) is 89.3 Å². The van der Waals surface area contributed by atoms with Gasteiger partial charge in [-0.25, -0.2) is 4.98 Å². The minimum atomic E-state index is -0.348. The second kappa shape index (κ2) is 7.05. The molecule has 0 saturated carbocycles. The van der Waals surface area contributed by atoms with Gasteiger partial charge in [-0.05, 0) is 13.5 Å². The van der Waals surface area contributed by atoms with Crippen LogP contribution in [0.15, 0.2) is 6.07 Å². The number of aromatic nitrogens is 2. The van der Waals surface area contributed by atoms with Crippen LogP contribution in [0.3, 0.4) is 0 Å². The Balaban J connectivity index is 1.45. The molecule has 0 atom stereocenters. The highest BCUT2D eigenvalue weighted by molar-refractivity contribution is 5.46. The van der Waals surface area contributed by atoms with Crippen molar-refractivity contribution < 1.29 is 9.47 Å². The Hall–Kier alpha value is -1.44. The van der Waals surface area contributed by atoms with Crippen LogP contribution in [-0.4, -0.2) is 79.7 Å². The molecule has 0 bridgehead atoms. The summed E-state index contributed by atoms with van der Waals surface area (Å²) in [7, 11) is 0. The molecule has 0 radical (unpaired) electrons. The number of rotatable bonds is 3. The predicted molar refractivity (Wildman–Crippen MR) is 97.2 cm³/mol. The van der Waals surface area contributed by atoms with Gasteiger partial charge < -0.3 is 24.2 Å². The molecule has 3 aliphatic heterocycles. The molecule has 138 valence electrons. The molecule has 25 heavy (non-hydrogen) atoms. The molecule has 0 unspecified atom stereocenters. The van der Waals surface area contributed by atoms with E-state index >= 15 is 0 Å². The highest BCUT2D eigenvalue weighted by Crippen LogP contribution is 2.32. The van der Waals surface area contributed by atoms with Gasteiger partial charge in [0.15, 0.2) is 5.79 Å². The number of anilines is 2. The summed E-state index contributed by atoms with van der Waals surface area (Å²) >= 11 is 0. The van der Waals surface area contributed by atoms with E-state index in [9.17, 15) is 0 Å². The maximum absolute atomic E-state index is 5.83. The van der Waals surface area contributed by atoms with Crippen molar-refractivity contribution in [2.75, 3.05) is 68.8 Å². The van der Waals surface area contributed by atoms with E-state index in [4.69, 9.17) is 19.4 Å². The molecule has 0 N–H and O–H groups in total. The summed E-state index contributed by atoms with van der Waals surface area (Å²) < 4.78 is 11.7.